The summed E-state index contributed by atoms with van der Waals surface area (Å²) >= 11 is 0. The van der Waals surface area contributed by atoms with Gasteiger partial charge in [-0.1, -0.05) is 26.2 Å². The molecule has 0 radical (unpaired) electrons. The summed E-state index contributed by atoms with van der Waals surface area (Å²) in [7, 11) is 0. The predicted molar refractivity (Wildman–Crippen MR) is 55.2 cm³/mol. The molecule has 0 aromatic carbocycles. The summed E-state index contributed by atoms with van der Waals surface area (Å²) in [6.07, 6.45) is 5.07. The third kappa shape index (κ3) is 8.01. The fourth-order valence-electron chi connectivity index (χ4n) is 1.07. The van der Waals surface area contributed by atoms with Gasteiger partial charge >= 0.3 is 5.97 Å². The van der Waals surface area contributed by atoms with E-state index in [0.29, 0.717) is 19.6 Å². The highest BCUT2D eigenvalue weighted by molar-refractivity contribution is 5.72. The molecule has 0 saturated heterocycles. The van der Waals surface area contributed by atoms with Crippen LogP contribution < -0.4 is 5.73 Å². The molecule has 1 atom stereocenters. The molecule has 0 aliphatic heterocycles. The van der Waals surface area contributed by atoms with Crippen molar-refractivity contribution in [2.24, 2.45) is 5.73 Å². The zero-order chi connectivity index (χ0) is 10.8. The van der Waals surface area contributed by atoms with E-state index in [1.165, 1.54) is 19.3 Å². The first-order chi connectivity index (χ1) is 6.68. The molecule has 4 heteroatoms. The van der Waals surface area contributed by atoms with Crippen LogP contribution in [-0.4, -0.2) is 30.3 Å². The standard InChI is InChI=1S/C10H21NO3/c1-2-3-4-5-7-14-8-6-9(11)10(12)13/h9H,2-8,11H2,1H3,(H,12,13). The summed E-state index contributed by atoms with van der Waals surface area (Å²) < 4.78 is 5.26. The van der Waals surface area contributed by atoms with Crippen LogP contribution in [0.1, 0.15) is 39.0 Å². The number of unbranched alkanes of at least 4 members (excludes halogenated alkanes) is 3. The summed E-state index contributed by atoms with van der Waals surface area (Å²) in [5.74, 6) is -0.959. The van der Waals surface area contributed by atoms with Crippen LogP contribution in [0.4, 0.5) is 0 Å². The van der Waals surface area contributed by atoms with Crippen molar-refractivity contribution in [3.8, 4) is 0 Å². The van der Waals surface area contributed by atoms with E-state index in [-0.39, 0.29) is 0 Å². The van der Waals surface area contributed by atoms with Crippen molar-refractivity contribution < 1.29 is 14.6 Å². The smallest absolute Gasteiger partial charge is 0.320 e. The van der Waals surface area contributed by atoms with Crippen molar-refractivity contribution in [1.82, 2.24) is 0 Å². The molecule has 0 fully saturated rings. The van der Waals surface area contributed by atoms with Gasteiger partial charge < -0.3 is 15.6 Å². The van der Waals surface area contributed by atoms with Crippen LogP contribution in [0.3, 0.4) is 0 Å². The van der Waals surface area contributed by atoms with Gasteiger partial charge in [-0.3, -0.25) is 4.79 Å². The van der Waals surface area contributed by atoms with Crippen molar-refractivity contribution in [1.29, 1.82) is 0 Å². The lowest BCUT2D eigenvalue weighted by atomic mass is 10.2. The first-order valence-electron chi connectivity index (χ1n) is 5.24. The lowest BCUT2D eigenvalue weighted by Crippen LogP contribution is -2.31. The Bertz CT molecular complexity index is 150. The zero-order valence-electron chi connectivity index (χ0n) is 8.87. The Hall–Kier alpha value is -0.610. The minimum atomic E-state index is -0.959. The maximum atomic E-state index is 10.3. The Balaban J connectivity index is 3.09. The second-order valence-corrected chi connectivity index (χ2v) is 3.41. The molecule has 14 heavy (non-hydrogen) atoms. The molecule has 0 spiro atoms. The Morgan fingerprint density at radius 3 is 2.64 bits per heavy atom. The van der Waals surface area contributed by atoms with Gasteiger partial charge in [0.25, 0.3) is 0 Å². The highest BCUT2D eigenvalue weighted by Gasteiger charge is 2.09. The topological polar surface area (TPSA) is 72.5 Å². The van der Waals surface area contributed by atoms with Crippen LogP contribution in [0, 0.1) is 0 Å². The number of aliphatic carboxylic acids is 1. The predicted octanol–water partition coefficient (Wildman–Crippen LogP) is 1.39. The molecule has 0 aromatic heterocycles. The Labute approximate surface area is 85.4 Å². The van der Waals surface area contributed by atoms with E-state index < -0.39 is 12.0 Å². The highest BCUT2D eigenvalue weighted by Crippen LogP contribution is 1.99. The molecular formula is C10H21NO3. The van der Waals surface area contributed by atoms with Crippen LogP contribution >= 0.6 is 0 Å². The SMILES string of the molecule is CCCCCCOCCC(N)C(=O)O. The summed E-state index contributed by atoms with van der Waals surface area (Å²) in [6, 6.07) is -0.786. The van der Waals surface area contributed by atoms with E-state index in [1.54, 1.807) is 0 Å². The Kier molecular flexibility index (Phi) is 8.57. The average Bonchev–Trinajstić information content (AvgIpc) is 2.16. The molecule has 0 rings (SSSR count). The number of carboxylic acids is 1. The van der Waals surface area contributed by atoms with E-state index in [0.717, 1.165) is 6.42 Å². The second kappa shape index (κ2) is 8.97. The largest absolute Gasteiger partial charge is 0.480 e. The number of rotatable bonds is 9. The fraction of sp³-hybridized carbons (Fsp3) is 0.900. The molecule has 1 unspecified atom stereocenters. The van der Waals surface area contributed by atoms with Gasteiger partial charge in [0, 0.05) is 13.2 Å². The first kappa shape index (κ1) is 13.4. The van der Waals surface area contributed by atoms with Crippen molar-refractivity contribution in [3.05, 3.63) is 0 Å². The molecule has 0 aromatic rings. The number of hydrogen-bond acceptors (Lipinski definition) is 3. The number of ether oxygens (including phenoxy) is 1. The second-order valence-electron chi connectivity index (χ2n) is 3.41. The molecule has 0 bridgehead atoms. The summed E-state index contributed by atoms with van der Waals surface area (Å²) in [5.41, 5.74) is 5.30. The third-order valence-electron chi connectivity index (χ3n) is 2.03. The normalized spacial score (nSPS) is 12.7. The average molecular weight is 203 g/mol. The molecule has 4 nitrogen and oxygen atoms in total. The molecule has 3 N–H and O–H groups in total. The van der Waals surface area contributed by atoms with Crippen molar-refractivity contribution in [2.75, 3.05) is 13.2 Å². The van der Waals surface area contributed by atoms with Crippen LogP contribution in [0.15, 0.2) is 0 Å². The van der Waals surface area contributed by atoms with Gasteiger partial charge in [-0.15, -0.1) is 0 Å². The molecule has 0 amide bonds. The van der Waals surface area contributed by atoms with Crippen LogP contribution in [0.25, 0.3) is 0 Å². The first-order valence-corrected chi connectivity index (χ1v) is 5.24. The van der Waals surface area contributed by atoms with Crippen LogP contribution in [0.2, 0.25) is 0 Å². The van der Waals surface area contributed by atoms with Gasteiger partial charge in [0.15, 0.2) is 0 Å². The van der Waals surface area contributed by atoms with Gasteiger partial charge in [-0.25, -0.2) is 0 Å². The Morgan fingerprint density at radius 2 is 2.07 bits per heavy atom. The fourth-order valence-corrected chi connectivity index (χ4v) is 1.07. The molecule has 0 aliphatic carbocycles. The number of carboxylic acid groups (broad SMARTS) is 1. The van der Waals surface area contributed by atoms with Crippen LogP contribution in [0.5, 0.6) is 0 Å². The minimum Gasteiger partial charge on any atom is -0.480 e. The van der Waals surface area contributed by atoms with Crippen molar-refractivity contribution in [3.63, 3.8) is 0 Å². The van der Waals surface area contributed by atoms with Crippen molar-refractivity contribution in [2.45, 2.75) is 45.1 Å². The van der Waals surface area contributed by atoms with Gasteiger partial charge in [0.2, 0.25) is 0 Å². The maximum absolute atomic E-state index is 10.3. The molecule has 0 saturated carbocycles. The molecular weight excluding hydrogens is 182 g/mol. The number of hydrogen-bond donors (Lipinski definition) is 2. The number of nitrogens with two attached hydrogens (primary N) is 1. The lowest BCUT2D eigenvalue weighted by molar-refractivity contribution is -0.139. The van der Waals surface area contributed by atoms with Gasteiger partial charge in [0.05, 0.1) is 0 Å². The van der Waals surface area contributed by atoms with E-state index in [1.807, 2.05) is 0 Å². The Morgan fingerprint density at radius 1 is 1.36 bits per heavy atom. The van der Waals surface area contributed by atoms with E-state index in [9.17, 15) is 4.79 Å². The van der Waals surface area contributed by atoms with E-state index >= 15 is 0 Å². The van der Waals surface area contributed by atoms with Gasteiger partial charge in [-0.05, 0) is 12.8 Å². The number of carbonyl (C=O) groups is 1. The monoisotopic (exact) mass is 203 g/mol. The van der Waals surface area contributed by atoms with E-state index in [2.05, 4.69) is 6.92 Å². The minimum absolute atomic E-state index is 0.392. The van der Waals surface area contributed by atoms with Crippen LogP contribution in [-0.2, 0) is 9.53 Å². The zero-order valence-corrected chi connectivity index (χ0v) is 8.87. The van der Waals surface area contributed by atoms with Crippen molar-refractivity contribution >= 4 is 5.97 Å². The lowest BCUT2D eigenvalue weighted by Gasteiger charge is -2.06. The maximum Gasteiger partial charge on any atom is 0.320 e. The molecule has 0 heterocycles. The molecule has 84 valence electrons. The highest BCUT2D eigenvalue weighted by atomic mass is 16.5. The summed E-state index contributed by atoms with van der Waals surface area (Å²) in [4.78, 5) is 10.3. The van der Waals surface area contributed by atoms with E-state index in [4.69, 9.17) is 15.6 Å². The van der Waals surface area contributed by atoms with Gasteiger partial charge in [0.1, 0.15) is 6.04 Å². The third-order valence-corrected chi connectivity index (χ3v) is 2.03. The molecule has 0 aliphatic rings. The van der Waals surface area contributed by atoms with Gasteiger partial charge in [-0.2, -0.15) is 0 Å². The summed E-state index contributed by atoms with van der Waals surface area (Å²) in [6.45, 7) is 3.32. The quantitative estimate of drug-likeness (QED) is 0.555. The summed E-state index contributed by atoms with van der Waals surface area (Å²) in [5, 5.41) is 8.47.